The molecule has 0 aliphatic rings. The van der Waals surface area contributed by atoms with E-state index < -0.39 is 33.6 Å². The van der Waals surface area contributed by atoms with E-state index in [1.807, 2.05) is 24.3 Å². The summed E-state index contributed by atoms with van der Waals surface area (Å²) in [7, 11) is -3.76. The molecule has 1 atom stereocenters. The van der Waals surface area contributed by atoms with Gasteiger partial charge in [0.05, 0.1) is 10.9 Å². The first-order valence-electron chi connectivity index (χ1n) is 8.99. The number of carbonyl (C=O) groups is 1. The predicted octanol–water partition coefficient (Wildman–Crippen LogP) is 3.66. The summed E-state index contributed by atoms with van der Waals surface area (Å²) in [5.41, 5.74) is 0.411. The topological polar surface area (TPSA) is 75.3 Å². The smallest absolute Gasteiger partial charge is 0.240 e. The van der Waals surface area contributed by atoms with E-state index in [0.717, 1.165) is 22.9 Å². The molecule has 0 radical (unpaired) electrons. The number of hydrogen-bond acceptors (Lipinski definition) is 3. The van der Waals surface area contributed by atoms with Crippen molar-refractivity contribution in [2.75, 3.05) is 6.54 Å². The van der Waals surface area contributed by atoms with Crippen LogP contribution < -0.4 is 10.0 Å². The molecule has 0 saturated carbocycles. The highest BCUT2D eigenvalue weighted by Gasteiger charge is 2.16. The first-order valence-corrected chi connectivity index (χ1v) is 10.5. The van der Waals surface area contributed by atoms with Gasteiger partial charge in [0.1, 0.15) is 0 Å². The highest BCUT2D eigenvalue weighted by atomic mass is 32.2. The van der Waals surface area contributed by atoms with Crippen molar-refractivity contribution in [2.45, 2.75) is 24.3 Å². The van der Waals surface area contributed by atoms with Crippen LogP contribution in [-0.4, -0.2) is 20.9 Å². The Morgan fingerprint density at radius 3 is 2.41 bits per heavy atom. The Labute approximate surface area is 167 Å². The Balaban J connectivity index is 1.56. The third-order valence-corrected chi connectivity index (χ3v) is 5.96. The molecule has 3 aromatic carbocycles. The minimum atomic E-state index is -3.76. The molecule has 0 aliphatic carbocycles. The van der Waals surface area contributed by atoms with E-state index in [4.69, 9.17) is 0 Å². The quantitative estimate of drug-likeness (QED) is 0.615. The zero-order chi connectivity index (χ0) is 21.0. The molecule has 5 nitrogen and oxygen atoms in total. The van der Waals surface area contributed by atoms with Crippen LogP contribution in [0.15, 0.2) is 65.6 Å². The summed E-state index contributed by atoms with van der Waals surface area (Å²) in [4.78, 5) is 12.2. The molecule has 152 valence electrons. The maximum atomic E-state index is 13.3. The van der Waals surface area contributed by atoms with Crippen molar-refractivity contribution in [3.8, 4) is 0 Å². The van der Waals surface area contributed by atoms with E-state index in [1.54, 1.807) is 19.1 Å². The molecule has 0 fully saturated rings. The van der Waals surface area contributed by atoms with Crippen LogP contribution in [0.3, 0.4) is 0 Å². The van der Waals surface area contributed by atoms with Gasteiger partial charge in [-0.15, -0.1) is 0 Å². The Hall–Kier alpha value is -2.84. The standard InChI is InChI=1S/C21H20F2N2O3S/c1-14(16-7-9-19(22)20(23)13-16)25-21(26)10-11-24-29(27,28)18-8-6-15-4-2-3-5-17(15)12-18/h2-9,12-14,24H,10-11H2,1H3,(H,25,26). The van der Waals surface area contributed by atoms with E-state index in [1.165, 1.54) is 12.1 Å². The minimum Gasteiger partial charge on any atom is -0.350 e. The van der Waals surface area contributed by atoms with Crippen molar-refractivity contribution in [3.63, 3.8) is 0 Å². The average Bonchev–Trinajstić information content (AvgIpc) is 2.69. The number of nitrogens with one attached hydrogen (secondary N) is 2. The third kappa shape index (κ3) is 5.16. The summed E-state index contributed by atoms with van der Waals surface area (Å²) >= 11 is 0. The van der Waals surface area contributed by atoms with Crippen LogP contribution in [0.4, 0.5) is 8.78 Å². The average molecular weight is 418 g/mol. The molecule has 2 N–H and O–H groups in total. The molecular formula is C21H20F2N2O3S. The van der Waals surface area contributed by atoms with Gasteiger partial charge < -0.3 is 5.32 Å². The van der Waals surface area contributed by atoms with Gasteiger partial charge in [0.15, 0.2) is 11.6 Å². The van der Waals surface area contributed by atoms with Gasteiger partial charge >= 0.3 is 0 Å². The number of fused-ring (bicyclic) bond motifs is 1. The Bertz CT molecular complexity index is 1150. The molecule has 1 unspecified atom stereocenters. The highest BCUT2D eigenvalue weighted by Crippen LogP contribution is 2.19. The normalized spacial score (nSPS) is 12.7. The van der Waals surface area contributed by atoms with Crippen molar-refractivity contribution in [1.82, 2.24) is 10.0 Å². The van der Waals surface area contributed by atoms with E-state index >= 15 is 0 Å². The van der Waals surface area contributed by atoms with Gasteiger partial charge in [0.25, 0.3) is 0 Å². The first kappa shape index (κ1) is 20.9. The summed E-state index contributed by atoms with van der Waals surface area (Å²) in [6.07, 6.45) is -0.0964. The fraction of sp³-hybridized carbons (Fsp3) is 0.190. The monoisotopic (exact) mass is 418 g/mol. The molecule has 0 heterocycles. The van der Waals surface area contributed by atoms with E-state index in [-0.39, 0.29) is 17.9 Å². The summed E-state index contributed by atoms with van der Waals surface area (Å²) in [6.45, 7) is 1.54. The lowest BCUT2D eigenvalue weighted by molar-refractivity contribution is -0.121. The zero-order valence-corrected chi connectivity index (χ0v) is 16.5. The molecule has 0 aromatic heterocycles. The minimum absolute atomic E-state index is 0.0918. The molecule has 0 spiro atoms. The fourth-order valence-electron chi connectivity index (χ4n) is 2.90. The number of rotatable bonds is 7. The van der Waals surface area contributed by atoms with Crippen molar-refractivity contribution in [3.05, 3.63) is 77.9 Å². The molecule has 1 amide bonds. The second-order valence-corrected chi connectivity index (χ2v) is 8.39. The molecule has 3 rings (SSSR count). The van der Waals surface area contributed by atoms with Crippen LogP contribution in [0.25, 0.3) is 10.8 Å². The van der Waals surface area contributed by atoms with Gasteiger partial charge in [0.2, 0.25) is 15.9 Å². The van der Waals surface area contributed by atoms with Gasteiger partial charge in [-0.1, -0.05) is 36.4 Å². The van der Waals surface area contributed by atoms with Gasteiger partial charge in [0, 0.05) is 13.0 Å². The second kappa shape index (κ2) is 8.67. The van der Waals surface area contributed by atoms with Crippen molar-refractivity contribution in [1.29, 1.82) is 0 Å². The maximum Gasteiger partial charge on any atom is 0.240 e. The molecular weight excluding hydrogens is 398 g/mol. The number of amides is 1. The van der Waals surface area contributed by atoms with E-state index in [9.17, 15) is 22.0 Å². The molecule has 0 saturated heterocycles. The van der Waals surface area contributed by atoms with Crippen LogP contribution in [0, 0.1) is 11.6 Å². The molecule has 0 aliphatic heterocycles. The third-order valence-electron chi connectivity index (χ3n) is 4.50. The highest BCUT2D eigenvalue weighted by molar-refractivity contribution is 7.89. The number of halogens is 2. The van der Waals surface area contributed by atoms with Crippen molar-refractivity contribution >= 4 is 26.7 Å². The zero-order valence-electron chi connectivity index (χ0n) is 15.7. The molecule has 0 bridgehead atoms. The lowest BCUT2D eigenvalue weighted by Crippen LogP contribution is -2.32. The number of carbonyl (C=O) groups excluding carboxylic acids is 1. The summed E-state index contributed by atoms with van der Waals surface area (Å²) in [5, 5.41) is 4.36. The Morgan fingerprint density at radius 2 is 1.69 bits per heavy atom. The largest absolute Gasteiger partial charge is 0.350 e. The lowest BCUT2D eigenvalue weighted by Gasteiger charge is -2.15. The van der Waals surface area contributed by atoms with Crippen LogP contribution in [0.2, 0.25) is 0 Å². The molecule has 8 heteroatoms. The fourth-order valence-corrected chi connectivity index (χ4v) is 3.96. The lowest BCUT2D eigenvalue weighted by atomic mass is 10.1. The molecule has 3 aromatic rings. The van der Waals surface area contributed by atoms with Gasteiger partial charge in [-0.2, -0.15) is 0 Å². The van der Waals surface area contributed by atoms with Crippen molar-refractivity contribution in [2.24, 2.45) is 0 Å². The van der Waals surface area contributed by atoms with Crippen LogP contribution in [-0.2, 0) is 14.8 Å². The first-order chi connectivity index (χ1) is 13.8. The molecule has 29 heavy (non-hydrogen) atoms. The van der Waals surface area contributed by atoms with E-state index in [2.05, 4.69) is 10.0 Å². The van der Waals surface area contributed by atoms with Crippen LogP contribution >= 0.6 is 0 Å². The second-order valence-electron chi connectivity index (χ2n) is 6.62. The Kier molecular flexibility index (Phi) is 6.24. The summed E-state index contributed by atoms with van der Waals surface area (Å²) < 4.78 is 53.6. The number of benzene rings is 3. The SMILES string of the molecule is CC(NC(=O)CCNS(=O)(=O)c1ccc2ccccc2c1)c1ccc(F)c(F)c1. The Morgan fingerprint density at radius 1 is 0.966 bits per heavy atom. The van der Waals surface area contributed by atoms with Crippen LogP contribution in [0.5, 0.6) is 0 Å². The van der Waals surface area contributed by atoms with Crippen LogP contribution in [0.1, 0.15) is 24.9 Å². The summed E-state index contributed by atoms with van der Waals surface area (Å²) in [5.74, 6) is -2.37. The number of sulfonamides is 1. The number of hydrogen-bond donors (Lipinski definition) is 2. The van der Waals surface area contributed by atoms with Crippen molar-refractivity contribution < 1.29 is 22.0 Å². The maximum absolute atomic E-state index is 13.3. The summed E-state index contributed by atoms with van der Waals surface area (Å²) in [6, 6.07) is 15.0. The van der Waals surface area contributed by atoms with E-state index in [0.29, 0.717) is 5.56 Å². The predicted molar refractivity (Wildman–Crippen MR) is 107 cm³/mol. The van der Waals surface area contributed by atoms with Gasteiger partial charge in [-0.25, -0.2) is 21.9 Å². The van der Waals surface area contributed by atoms with Gasteiger partial charge in [-0.05, 0) is 47.5 Å². The van der Waals surface area contributed by atoms with Gasteiger partial charge in [-0.3, -0.25) is 4.79 Å².